The average molecular weight is 330 g/mol. The van der Waals surface area contributed by atoms with E-state index in [-0.39, 0.29) is 11.7 Å². The van der Waals surface area contributed by atoms with Crippen LogP contribution in [-0.4, -0.2) is 10.9 Å². The van der Waals surface area contributed by atoms with Crippen molar-refractivity contribution in [3.05, 3.63) is 71.6 Å². The van der Waals surface area contributed by atoms with Crippen molar-refractivity contribution in [2.45, 2.75) is 20.3 Å². The molecular weight excluding hydrogens is 312 g/mol. The van der Waals surface area contributed by atoms with Gasteiger partial charge in [-0.05, 0) is 49.2 Å². The molecule has 4 aromatic rings. The fourth-order valence-corrected chi connectivity index (χ4v) is 3.04. The van der Waals surface area contributed by atoms with Crippen LogP contribution in [0, 0.1) is 6.92 Å². The van der Waals surface area contributed by atoms with E-state index in [1.165, 1.54) is 5.56 Å². The Morgan fingerprint density at radius 3 is 2.76 bits per heavy atom. The van der Waals surface area contributed by atoms with Gasteiger partial charge < -0.3 is 9.73 Å². The molecule has 0 fully saturated rings. The molecule has 0 saturated carbocycles. The van der Waals surface area contributed by atoms with Crippen molar-refractivity contribution in [3.8, 4) is 0 Å². The number of furan rings is 1. The summed E-state index contributed by atoms with van der Waals surface area (Å²) in [7, 11) is 0. The van der Waals surface area contributed by atoms with Gasteiger partial charge in [0.05, 0.1) is 5.52 Å². The minimum Gasteiger partial charge on any atom is -0.450 e. The molecule has 25 heavy (non-hydrogen) atoms. The van der Waals surface area contributed by atoms with Crippen LogP contribution >= 0.6 is 0 Å². The molecule has 2 aromatic heterocycles. The van der Waals surface area contributed by atoms with E-state index in [4.69, 9.17) is 4.42 Å². The van der Waals surface area contributed by atoms with Gasteiger partial charge in [-0.15, -0.1) is 0 Å². The van der Waals surface area contributed by atoms with Gasteiger partial charge in [0.2, 0.25) is 0 Å². The zero-order valence-electron chi connectivity index (χ0n) is 14.2. The van der Waals surface area contributed by atoms with Crippen LogP contribution in [0.4, 0.5) is 5.69 Å². The zero-order valence-corrected chi connectivity index (χ0v) is 14.2. The third kappa shape index (κ3) is 2.76. The molecule has 0 atom stereocenters. The van der Waals surface area contributed by atoms with E-state index in [2.05, 4.69) is 17.2 Å². The van der Waals surface area contributed by atoms with Crippen molar-refractivity contribution in [3.63, 3.8) is 0 Å². The molecule has 4 rings (SSSR count). The van der Waals surface area contributed by atoms with Crippen LogP contribution in [0.15, 0.2) is 59.0 Å². The van der Waals surface area contributed by atoms with Gasteiger partial charge in [0.15, 0.2) is 5.76 Å². The van der Waals surface area contributed by atoms with Gasteiger partial charge in [0, 0.05) is 22.2 Å². The normalized spacial score (nSPS) is 11.1. The van der Waals surface area contributed by atoms with E-state index in [1.54, 1.807) is 6.07 Å². The van der Waals surface area contributed by atoms with E-state index in [0.29, 0.717) is 5.58 Å². The van der Waals surface area contributed by atoms with Gasteiger partial charge in [-0.2, -0.15) is 0 Å². The summed E-state index contributed by atoms with van der Waals surface area (Å²) in [5, 5.41) is 4.69. The number of nitrogens with one attached hydrogen (secondary N) is 1. The van der Waals surface area contributed by atoms with E-state index >= 15 is 0 Å². The third-order valence-electron chi connectivity index (χ3n) is 4.38. The van der Waals surface area contributed by atoms with E-state index in [1.807, 2.05) is 55.5 Å². The van der Waals surface area contributed by atoms with Gasteiger partial charge >= 0.3 is 0 Å². The lowest BCUT2D eigenvalue weighted by atomic mass is 10.1. The Bertz CT molecular complexity index is 1100. The van der Waals surface area contributed by atoms with Crippen LogP contribution in [0.1, 0.15) is 28.7 Å². The van der Waals surface area contributed by atoms with Crippen molar-refractivity contribution in [1.82, 2.24) is 4.98 Å². The first-order chi connectivity index (χ1) is 12.2. The Morgan fingerprint density at radius 1 is 1.08 bits per heavy atom. The number of hydrogen-bond donors (Lipinski definition) is 1. The first-order valence-corrected chi connectivity index (χ1v) is 8.35. The lowest BCUT2D eigenvalue weighted by Gasteiger charge is -2.04. The second kappa shape index (κ2) is 6.06. The summed E-state index contributed by atoms with van der Waals surface area (Å²) >= 11 is 0. The first kappa shape index (κ1) is 15.4. The van der Waals surface area contributed by atoms with Crippen LogP contribution in [0.3, 0.4) is 0 Å². The molecule has 124 valence electrons. The number of para-hydroxylation sites is 1. The number of pyridine rings is 1. The molecule has 0 aliphatic rings. The number of fused-ring (bicyclic) bond motifs is 3. The Labute approximate surface area is 145 Å². The molecule has 2 aromatic carbocycles. The summed E-state index contributed by atoms with van der Waals surface area (Å²) in [4.78, 5) is 17.2. The summed E-state index contributed by atoms with van der Waals surface area (Å²) in [6.45, 7) is 4.01. The number of aryl methyl sites for hydroxylation is 2. The summed E-state index contributed by atoms with van der Waals surface area (Å²) in [5.74, 6) is 0.0334. The molecule has 0 unspecified atom stereocenters. The highest BCUT2D eigenvalue weighted by atomic mass is 16.3. The molecule has 1 amide bonds. The van der Waals surface area contributed by atoms with Crippen LogP contribution in [0.5, 0.6) is 0 Å². The number of nitrogens with zero attached hydrogens (tertiary/aromatic N) is 1. The van der Waals surface area contributed by atoms with Gasteiger partial charge in [0.25, 0.3) is 5.91 Å². The molecule has 0 spiro atoms. The summed E-state index contributed by atoms with van der Waals surface area (Å²) in [5.41, 5.74) is 4.36. The fraction of sp³-hybridized carbons (Fsp3) is 0.143. The molecule has 1 N–H and O–H groups in total. The van der Waals surface area contributed by atoms with Crippen LogP contribution < -0.4 is 5.32 Å². The predicted molar refractivity (Wildman–Crippen MR) is 100 cm³/mol. The zero-order chi connectivity index (χ0) is 17.4. The second-order valence-corrected chi connectivity index (χ2v) is 6.08. The van der Waals surface area contributed by atoms with Crippen LogP contribution in [0.2, 0.25) is 0 Å². The Kier molecular flexibility index (Phi) is 3.73. The van der Waals surface area contributed by atoms with Crippen molar-refractivity contribution in [1.29, 1.82) is 0 Å². The monoisotopic (exact) mass is 330 g/mol. The van der Waals surface area contributed by atoms with E-state index in [0.717, 1.165) is 34.1 Å². The van der Waals surface area contributed by atoms with Crippen molar-refractivity contribution in [2.75, 3.05) is 5.32 Å². The molecule has 0 saturated heterocycles. The number of hydrogen-bond acceptors (Lipinski definition) is 3. The first-order valence-electron chi connectivity index (χ1n) is 8.35. The number of rotatable bonds is 3. The topological polar surface area (TPSA) is 55.1 Å². The molecule has 0 aliphatic heterocycles. The van der Waals surface area contributed by atoms with Crippen LogP contribution in [-0.2, 0) is 6.42 Å². The molecule has 0 bridgehead atoms. The Morgan fingerprint density at radius 2 is 1.92 bits per heavy atom. The number of amides is 1. The van der Waals surface area contributed by atoms with Gasteiger partial charge in [-0.1, -0.05) is 31.2 Å². The molecule has 0 aliphatic carbocycles. The maximum absolute atomic E-state index is 12.6. The summed E-state index contributed by atoms with van der Waals surface area (Å²) < 4.78 is 5.90. The third-order valence-corrected chi connectivity index (χ3v) is 4.38. The fourth-order valence-electron chi connectivity index (χ4n) is 3.04. The van der Waals surface area contributed by atoms with Gasteiger partial charge in [0.1, 0.15) is 5.58 Å². The lowest BCUT2D eigenvalue weighted by molar-refractivity contribution is 0.0999. The van der Waals surface area contributed by atoms with Gasteiger partial charge in [-0.25, -0.2) is 0 Å². The number of anilines is 1. The highest BCUT2D eigenvalue weighted by molar-refractivity contribution is 6.09. The largest absolute Gasteiger partial charge is 0.450 e. The average Bonchev–Trinajstić information content (AvgIpc) is 3.08. The Balaban J connectivity index is 1.75. The van der Waals surface area contributed by atoms with E-state index in [9.17, 15) is 4.79 Å². The number of carbonyl (C=O) groups is 1. The minimum atomic E-state index is -0.257. The van der Waals surface area contributed by atoms with Crippen molar-refractivity contribution in [2.24, 2.45) is 0 Å². The number of carbonyl (C=O) groups excluding carboxylic acids is 1. The SMILES string of the molecule is CCc1cccc(NC(=O)c2cc3c(C)nc4ccccc4c3o2)c1. The minimum absolute atomic E-state index is 0.257. The smallest absolute Gasteiger partial charge is 0.291 e. The van der Waals surface area contributed by atoms with Crippen LogP contribution in [0.25, 0.3) is 21.9 Å². The van der Waals surface area contributed by atoms with Gasteiger partial charge in [-0.3, -0.25) is 9.78 Å². The maximum Gasteiger partial charge on any atom is 0.291 e. The lowest BCUT2D eigenvalue weighted by Crippen LogP contribution is -2.10. The van der Waals surface area contributed by atoms with Crippen molar-refractivity contribution < 1.29 is 9.21 Å². The Hall–Kier alpha value is -3.14. The number of benzene rings is 2. The quantitative estimate of drug-likeness (QED) is 0.568. The molecular formula is C21H18N2O2. The summed E-state index contributed by atoms with van der Waals surface area (Å²) in [6.07, 6.45) is 0.922. The van der Waals surface area contributed by atoms with E-state index < -0.39 is 0 Å². The highest BCUT2D eigenvalue weighted by Gasteiger charge is 2.16. The molecule has 4 nitrogen and oxygen atoms in total. The molecule has 4 heteroatoms. The number of aromatic nitrogens is 1. The maximum atomic E-state index is 12.6. The van der Waals surface area contributed by atoms with Crippen molar-refractivity contribution >= 4 is 33.5 Å². The predicted octanol–water partition coefficient (Wildman–Crippen LogP) is 5.10. The second-order valence-electron chi connectivity index (χ2n) is 6.08. The molecule has 0 radical (unpaired) electrons. The standard InChI is InChI=1S/C21H18N2O2/c1-3-14-7-6-8-15(11-14)23-21(24)19-12-17-13(2)22-18-10-5-4-9-16(18)20(17)25-19/h4-12H,3H2,1-2H3,(H,23,24). The summed E-state index contributed by atoms with van der Waals surface area (Å²) in [6, 6.07) is 17.4. The highest BCUT2D eigenvalue weighted by Crippen LogP contribution is 2.29. The molecule has 2 heterocycles.